The van der Waals surface area contributed by atoms with E-state index in [1.807, 2.05) is 48.5 Å². The molecule has 2 aromatic rings. The van der Waals surface area contributed by atoms with Gasteiger partial charge in [-0.1, -0.05) is 65.8 Å². The first-order chi connectivity index (χ1) is 14.9. The Bertz CT molecular complexity index is 801. The second-order valence-electron chi connectivity index (χ2n) is 9.83. The van der Waals surface area contributed by atoms with Crippen LogP contribution in [-0.4, -0.2) is 38.1 Å². The quantitative estimate of drug-likeness (QED) is 0.579. The molecule has 0 fully saturated rings. The highest BCUT2D eigenvalue weighted by molar-refractivity contribution is 5.78. The Morgan fingerprint density at radius 2 is 0.938 bits per heavy atom. The molecular weight excluding hydrogens is 404 g/mol. The van der Waals surface area contributed by atoms with Gasteiger partial charge in [-0.2, -0.15) is 0 Å². The smallest absolute Gasteiger partial charge is 0.258 e. The van der Waals surface area contributed by atoms with Crippen molar-refractivity contribution in [1.29, 1.82) is 0 Å². The Kier molecular flexibility index (Phi) is 8.70. The van der Waals surface area contributed by atoms with Crippen LogP contribution >= 0.6 is 0 Å². The van der Waals surface area contributed by atoms with E-state index in [9.17, 15) is 9.59 Å². The summed E-state index contributed by atoms with van der Waals surface area (Å²) in [6.07, 6.45) is 0. The van der Waals surface area contributed by atoms with Gasteiger partial charge in [0.05, 0.1) is 0 Å². The van der Waals surface area contributed by atoms with Crippen molar-refractivity contribution in [3.05, 3.63) is 59.7 Å². The molecule has 0 bridgehead atoms. The first-order valence-corrected chi connectivity index (χ1v) is 11.0. The monoisotopic (exact) mass is 440 g/mol. The predicted octanol–water partition coefficient (Wildman–Crippen LogP) is 3.97. The lowest BCUT2D eigenvalue weighted by Gasteiger charge is -2.19. The lowest BCUT2D eigenvalue weighted by atomic mass is 9.87. The van der Waals surface area contributed by atoms with E-state index >= 15 is 0 Å². The van der Waals surface area contributed by atoms with E-state index in [4.69, 9.17) is 9.47 Å². The summed E-state index contributed by atoms with van der Waals surface area (Å²) in [5, 5.41) is 5.44. The average molecular weight is 441 g/mol. The van der Waals surface area contributed by atoms with Gasteiger partial charge in [0.2, 0.25) is 0 Å². The van der Waals surface area contributed by atoms with E-state index < -0.39 is 0 Å². The van der Waals surface area contributed by atoms with E-state index in [0.29, 0.717) is 24.6 Å². The highest BCUT2D eigenvalue weighted by Crippen LogP contribution is 2.25. The van der Waals surface area contributed by atoms with Crippen LogP contribution in [0.1, 0.15) is 52.7 Å². The number of hydrogen-bond donors (Lipinski definition) is 2. The molecule has 0 saturated heterocycles. The Hall–Kier alpha value is -3.02. The fraction of sp³-hybridized carbons (Fsp3) is 0.462. The third kappa shape index (κ3) is 8.61. The molecule has 0 aromatic heterocycles. The van der Waals surface area contributed by atoms with Crippen LogP contribution in [0.15, 0.2) is 48.5 Å². The number of carbonyl (C=O) groups is 2. The zero-order valence-electron chi connectivity index (χ0n) is 20.1. The van der Waals surface area contributed by atoms with Gasteiger partial charge in [-0.05, 0) is 46.2 Å². The SMILES string of the molecule is CC(C)(C)c1ccc(OCC(=O)NCCNC(=O)COc2ccc(C(C)(C)C)cc2)cc1. The maximum Gasteiger partial charge on any atom is 0.258 e. The maximum absolute atomic E-state index is 11.9. The Morgan fingerprint density at radius 3 is 1.22 bits per heavy atom. The number of amides is 2. The predicted molar refractivity (Wildman–Crippen MR) is 127 cm³/mol. The fourth-order valence-electron chi connectivity index (χ4n) is 2.91. The van der Waals surface area contributed by atoms with E-state index in [0.717, 1.165) is 0 Å². The first kappa shape index (κ1) is 25.2. The molecule has 0 atom stereocenters. The molecule has 0 aliphatic carbocycles. The van der Waals surface area contributed by atoms with Crippen molar-refractivity contribution < 1.29 is 19.1 Å². The van der Waals surface area contributed by atoms with Gasteiger partial charge in [0.1, 0.15) is 11.5 Å². The van der Waals surface area contributed by atoms with Crippen molar-refractivity contribution in [2.75, 3.05) is 26.3 Å². The number of rotatable bonds is 9. The fourth-order valence-corrected chi connectivity index (χ4v) is 2.91. The summed E-state index contributed by atoms with van der Waals surface area (Å²) in [7, 11) is 0. The van der Waals surface area contributed by atoms with Crippen molar-refractivity contribution >= 4 is 11.8 Å². The molecule has 0 radical (unpaired) electrons. The highest BCUT2D eigenvalue weighted by atomic mass is 16.5. The number of hydrogen-bond acceptors (Lipinski definition) is 4. The van der Waals surface area contributed by atoms with Crippen LogP contribution in [-0.2, 0) is 20.4 Å². The van der Waals surface area contributed by atoms with Gasteiger partial charge in [-0.15, -0.1) is 0 Å². The summed E-state index contributed by atoms with van der Waals surface area (Å²) in [5.74, 6) is 0.812. The number of benzene rings is 2. The summed E-state index contributed by atoms with van der Waals surface area (Å²) in [6, 6.07) is 15.5. The Labute approximate surface area is 191 Å². The van der Waals surface area contributed by atoms with Crippen molar-refractivity contribution in [1.82, 2.24) is 10.6 Å². The highest BCUT2D eigenvalue weighted by Gasteiger charge is 2.14. The first-order valence-electron chi connectivity index (χ1n) is 11.0. The van der Waals surface area contributed by atoms with Crippen molar-refractivity contribution in [2.24, 2.45) is 0 Å². The van der Waals surface area contributed by atoms with Crippen LogP contribution in [0, 0.1) is 0 Å². The van der Waals surface area contributed by atoms with Crippen LogP contribution in [0.5, 0.6) is 11.5 Å². The molecule has 32 heavy (non-hydrogen) atoms. The molecule has 0 aliphatic heterocycles. The van der Waals surface area contributed by atoms with Gasteiger partial charge in [-0.3, -0.25) is 9.59 Å². The van der Waals surface area contributed by atoms with Crippen LogP contribution in [0.25, 0.3) is 0 Å². The Balaban J connectivity index is 1.60. The largest absolute Gasteiger partial charge is 0.484 e. The molecule has 174 valence electrons. The van der Waals surface area contributed by atoms with Gasteiger partial charge in [0.25, 0.3) is 11.8 Å². The topological polar surface area (TPSA) is 76.7 Å². The van der Waals surface area contributed by atoms with E-state index in [1.165, 1.54) is 11.1 Å². The molecule has 0 unspecified atom stereocenters. The normalized spacial score (nSPS) is 11.6. The minimum atomic E-state index is -0.241. The second kappa shape index (κ2) is 11.0. The van der Waals surface area contributed by atoms with Gasteiger partial charge in [0.15, 0.2) is 13.2 Å². The van der Waals surface area contributed by atoms with Crippen LogP contribution in [0.2, 0.25) is 0 Å². The van der Waals surface area contributed by atoms with E-state index in [-0.39, 0.29) is 35.9 Å². The molecule has 0 saturated carbocycles. The summed E-state index contributed by atoms with van der Waals surface area (Å²) in [6.45, 7) is 13.4. The summed E-state index contributed by atoms with van der Waals surface area (Å²) in [5.41, 5.74) is 2.55. The summed E-state index contributed by atoms with van der Waals surface area (Å²) in [4.78, 5) is 23.8. The van der Waals surface area contributed by atoms with Gasteiger partial charge >= 0.3 is 0 Å². The number of nitrogens with one attached hydrogen (secondary N) is 2. The molecule has 2 N–H and O–H groups in total. The van der Waals surface area contributed by atoms with Gasteiger partial charge in [0, 0.05) is 13.1 Å². The minimum Gasteiger partial charge on any atom is -0.484 e. The standard InChI is InChI=1S/C26H36N2O4/c1-25(2,3)19-7-11-21(12-8-19)31-17-23(29)27-15-16-28-24(30)18-32-22-13-9-20(10-14-22)26(4,5)6/h7-14H,15-18H2,1-6H3,(H,27,29)(H,28,30). The molecule has 0 aliphatic rings. The lowest BCUT2D eigenvalue weighted by molar-refractivity contribution is -0.124. The zero-order valence-corrected chi connectivity index (χ0v) is 20.1. The summed E-state index contributed by atoms with van der Waals surface area (Å²) < 4.78 is 11.0. The van der Waals surface area contributed by atoms with E-state index in [1.54, 1.807) is 0 Å². The maximum atomic E-state index is 11.9. The van der Waals surface area contributed by atoms with Crippen molar-refractivity contribution in [3.8, 4) is 11.5 Å². The lowest BCUT2D eigenvalue weighted by Crippen LogP contribution is -2.38. The molecule has 6 heteroatoms. The molecule has 0 heterocycles. The average Bonchev–Trinajstić information content (AvgIpc) is 2.73. The van der Waals surface area contributed by atoms with Gasteiger partial charge < -0.3 is 20.1 Å². The third-order valence-electron chi connectivity index (χ3n) is 4.95. The van der Waals surface area contributed by atoms with Crippen molar-refractivity contribution in [3.63, 3.8) is 0 Å². The number of carbonyl (C=O) groups excluding carboxylic acids is 2. The third-order valence-corrected chi connectivity index (χ3v) is 4.95. The molecule has 0 spiro atoms. The zero-order chi connectivity index (χ0) is 23.8. The molecule has 6 nitrogen and oxygen atoms in total. The van der Waals surface area contributed by atoms with Crippen LogP contribution < -0.4 is 20.1 Å². The Morgan fingerprint density at radius 1 is 0.625 bits per heavy atom. The van der Waals surface area contributed by atoms with Crippen LogP contribution in [0.4, 0.5) is 0 Å². The van der Waals surface area contributed by atoms with Crippen molar-refractivity contribution in [2.45, 2.75) is 52.4 Å². The molecule has 2 amide bonds. The van der Waals surface area contributed by atoms with E-state index in [2.05, 4.69) is 52.2 Å². The molecule has 2 aromatic carbocycles. The minimum absolute atomic E-state index is 0.0717. The van der Waals surface area contributed by atoms with Gasteiger partial charge in [-0.25, -0.2) is 0 Å². The molecular formula is C26H36N2O4. The molecule has 2 rings (SSSR count). The second-order valence-corrected chi connectivity index (χ2v) is 9.83. The summed E-state index contributed by atoms with van der Waals surface area (Å²) >= 11 is 0. The number of ether oxygens (including phenoxy) is 2. The van der Waals surface area contributed by atoms with Crippen LogP contribution in [0.3, 0.4) is 0 Å².